The highest BCUT2D eigenvalue weighted by Crippen LogP contribution is 2.21. The Morgan fingerprint density at radius 2 is 2.36 bits per heavy atom. The fourth-order valence-electron chi connectivity index (χ4n) is 1.20. The zero-order valence-electron chi connectivity index (χ0n) is 7.69. The molecule has 68 valence electrons. The monoisotopic (exact) mass is 200 g/mol. The van der Waals surface area contributed by atoms with Crippen LogP contribution in [0.2, 0.25) is 0 Å². The van der Waals surface area contributed by atoms with E-state index in [1.54, 1.807) is 17.5 Å². The smallest absolute Gasteiger partial charge is 0.105 e. The van der Waals surface area contributed by atoms with Crippen molar-refractivity contribution in [2.75, 3.05) is 0 Å². The summed E-state index contributed by atoms with van der Waals surface area (Å²) < 4.78 is 0. The zero-order valence-corrected chi connectivity index (χ0v) is 8.51. The predicted molar refractivity (Wildman–Crippen MR) is 58.0 cm³/mol. The number of thiazole rings is 1. The van der Waals surface area contributed by atoms with E-state index in [1.165, 1.54) is 0 Å². The van der Waals surface area contributed by atoms with E-state index in [-0.39, 0.29) is 0 Å². The van der Waals surface area contributed by atoms with Crippen LogP contribution in [0.5, 0.6) is 0 Å². The van der Waals surface area contributed by atoms with Crippen LogP contribution in [-0.2, 0) is 0 Å². The third-order valence-corrected chi connectivity index (χ3v) is 2.60. The average molecular weight is 200 g/mol. The van der Waals surface area contributed by atoms with Gasteiger partial charge in [-0.2, -0.15) is 0 Å². The van der Waals surface area contributed by atoms with Gasteiger partial charge in [0.05, 0.1) is 10.6 Å². The molecule has 0 atom stereocenters. The second-order valence-electron chi connectivity index (χ2n) is 2.80. The number of aromatic nitrogens is 2. The Balaban J connectivity index is 2.57. The standard InChI is InChI=1S/C11H8N2S/c1-3-9-5-4-6-12-11(9)10-7-14-8(2)13-10/h1,4-7H,2H3. The van der Waals surface area contributed by atoms with Gasteiger partial charge in [-0.25, -0.2) is 4.98 Å². The highest BCUT2D eigenvalue weighted by molar-refractivity contribution is 7.09. The van der Waals surface area contributed by atoms with E-state index in [1.807, 2.05) is 24.4 Å². The first-order valence-corrected chi connectivity index (χ1v) is 5.03. The Morgan fingerprint density at radius 1 is 1.50 bits per heavy atom. The van der Waals surface area contributed by atoms with Gasteiger partial charge in [-0.3, -0.25) is 4.98 Å². The molecule has 2 rings (SSSR count). The molecule has 2 heterocycles. The minimum absolute atomic E-state index is 0.790. The van der Waals surface area contributed by atoms with Crippen LogP contribution in [0.25, 0.3) is 11.4 Å². The van der Waals surface area contributed by atoms with Crippen molar-refractivity contribution < 1.29 is 0 Å². The minimum Gasteiger partial charge on any atom is -0.253 e. The molecule has 0 aliphatic rings. The van der Waals surface area contributed by atoms with Crippen LogP contribution < -0.4 is 0 Å². The Labute approximate surface area is 86.7 Å². The van der Waals surface area contributed by atoms with Gasteiger partial charge in [-0.1, -0.05) is 5.92 Å². The molecule has 3 heteroatoms. The molecule has 0 radical (unpaired) electrons. The molecule has 0 bridgehead atoms. The first-order valence-electron chi connectivity index (χ1n) is 4.15. The second kappa shape index (κ2) is 3.60. The van der Waals surface area contributed by atoms with E-state index in [4.69, 9.17) is 6.42 Å². The molecule has 0 aromatic carbocycles. The lowest BCUT2D eigenvalue weighted by Crippen LogP contribution is -1.88. The van der Waals surface area contributed by atoms with Gasteiger partial charge in [0.25, 0.3) is 0 Å². The molecule has 2 aromatic heterocycles. The van der Waals surface area contributed by atoms with Crippen molar-refractivity contribution in [1.29, 1.82) is 0 Å². The lowest BCUT2D eigenvalue weighted by Gasteiger charge is -1.98. The number of hydrogen-bond acceptors (Lipinski definition) is 3. The van der Waals surface area contributed by atoms with Crippen LogP contribution in [0.3, 0.4) is 0 Å². The van der Waals surface area contributed by atoms with Crippen molar-refractivity contribution in [3.05, 3.63) is 34.3 Å². The second-order valence-corrected chi connectivity index (χ2v) is 3.86. The maximum Gasteiger partial charge on any atom is 0.105 e. The number of pyridine rings is 1. The summed E-state index contributed by atoms with van der Waals surface area (Å²) in [6.45, 7) is 1.96. The van der Waals surface area contributed by atoms with Crippen LogP contribution in [0.4, 0.5) is 0 Å². The minimum atomic E-state index is 0.790. The first-order chi connectivity index (χ1) is 6.81. The summed E-state index contributed by atoms with van der Waals surface area (Å²) in [7, 11) is 0. The largest absolute Gasteiger partial charge is 0.253 e. The molecule has 0 spiro atoms. The summed E-state index contributed by atoms with van der Waals surface area (Å²) in [6.07, 6.45) is 7.11. The molecule has 0 amide bonds. The molecule has 0 saturated carbocycles. The molecule has 2 aromatic rings. The number of terminal acetylenes is 1. The van der Waals surface area contributed by atoms with Crippen LogP contribution >= 0.6 is 11.3 Å². The third-order valence-electron chi connectivity index (χ3n) is 1.82. The summed E-state index contributed by atoms with van der Waals surface area (Å²) in [5.74, 6) is 2.61. The van der Waals surface area contributed by atoms with Gasteiger partial charge in [0.2, 0.25) is 0 Å². The maximum atomic E-state index is 5.38. The highest BCUT2D eigenvalue weighted by atomic mass is 32.1. The third kappa shape index (κ3) is 1.52. The van der Waals surface area contributed by atoms with Gasteiger partial charge in [0.1, 0.15) is 11.4 Å². The Bertz CT molecular complexity index is 494. The van der Waals surface area contributed by atoms with Gasteiger partial charge >= 0.3 is 0 Å². The quantitative estimate of drug-likeness (QED) is 0.661. The fourth-order valence-corrected chi connectivity index (χ4v) is 1.80. The van der Waals surface area contributed by atoms with Gasteiger partial charge in [-0.05, 0) is 19.1 Å². The molecule has 0 fully saturated rings. The first kappa shape index (κ1) is 8.92. The van der Waals surface area contributed by atoms with E-state index in [0.717, 1.165) is 22.0 Å². The Morgan fingerprint density at radius 3 is 3.00 bits per heavy atom. The van der Waals surface area contributed by atoms with Crippen molar-refractivity contribution in [1.82, 2.24) is 9.97 Å². The van der Waals surface area contributed by atoms with E-state index >= 15 is 0 Å². The van der Waals surface area contributed by atoms with Crippen LogP contribution in [0, 0.1) is 19.3 Å². The van der Waals surface area contributed by atoms with Crippen molar-refractivity contribution in [3.63, 3.8) is 0 Å². The SMILES string of the molecule is C#Cc1cccnc1-c1csc(C)n1. The van der Waals surface area contributed by atoms with Gasteiger partial charge in [0.15, 0.2) is 0 Å². The normalized spacial score (nSPS) is 9.71. The lowest BCUT2D eigenvalue weighted by molar-refractivity contribution is 1.23. The predicted octanol–water partition coefficient (Wildman–Crippen LogP) is 2.49. The van der Waals surface area contributed by atoms with E-state index in [0.29, 0.717) is 0 Å². The van der Waals surface area contributed by atoms with Crippen LogP contribution in [0.15, 0.2) is 23.7 Å². The Hall–Kier alpha value is -1.66. The van der Waals surface area contributed by atoms with Crippen molar-refractivity contribution >= 4 is 11.3 Å². The number of hydrogen-bond donors (Lipinski definition) is 0. The summed E-state index contributed by atoms with van der Waals surface area (Å²) in [6, 6.07) is 3.70. The molecule has 0 N–H and O–H groups in total. The molecule has 14 heavy (non-hydrogen) atoms. The Kier molecular flexibility index (Phi) is 2.30. The molecular weight excluding hydrogens is 192 g/mol. The van der Waals surface area contributed by atoms with Crippen molar-refractivity contribution in [3.8, 4) is 23.7 Å². The number of aryl methyl sites for hydroxylation is 1. The molecule has 0 aliphatic carbocycles. The number of rotatable bonds is 1. The molecule has 2 nitrogen and oxygen atoms in total. The van der Waals surface area contributed by atoms with Crippen LogP contribution in [0.1, 0.15) is 10.6 Å². The fraction of sp³-hybridized carbons (Fsp3) is 0.0909. The summed E-state index contributed by atoms with van der Waals surface area (Å²) in [5, 5.41) is 2.99. The van der Waals surface area contributed by atoms with Crippen LogP contribution in [-0.4, -0.2) is 9.97 Å². The molecule has 0 unspecified atom stereocenters. The topological polar surface area (TPSA) is 25.8 Å². The highest BCUT2D eigenvalue weighted by Gasteiger charge is 2.06. The molecular formula is C11H8N2S. The molecule has 0 aliphatic heterocycles. The van der Waals surface area contributed by atoms with Gasteiger partial charge in [-0.15, -0.1) is 17.8 Å². The maximum absolute atomic E-state index is 5.38. The molecule has 0 saturated heterocycles. The van der Waals surface area contributed by atoms with Crippen molar-refractivity contribution in [2.45, 2.75) is 6.92 Å². The van der Waals surface area contributed by atoms with E-state index in [2.05, 4.69) is 15.9 Å². The summed E-state index contributed by atoms with van der Waals surface area (Å²) >= 11 is 1.60. The summed E-state index contributed by atoms with van der Waals surface area (Å²) in [5.41, 5.74) is 2.44. The van der Waals surface area contributed by atoms with E-state index < -0.39 is 0 Å². The van der Waals surface area contributed by atoms with Crippen molar-refractivity contribution in [2.24, 2.45) is 0 Å². The summed E-state index contributed by atoms with van der Waals surface area (Å²) in [4.78, 5) is 8.58. The van der Waals surface area contributed by atoms with Gasteiger partial charge < -0.3 is 0 Å². The number of nitrogens with zero attached hydrogens (tertiary/aromatic N) is 2. The average Bonchev–Trinajstić information content (AvgIpc) is 2.65. The van der Waals surface area contributed by atoms with E-state index in [9.17, 15) is 0 Å². The lowest BCUT2D eigenvalue weighted by atomic mass is 10.2. The zero-order chi connectivity index (χ0) is 9.97. The van der Waals surface area contributed by atoms with Gasteiger partial charge in [0, 0.05) is 11.6 Å².